The molecule has 0 bridgehead atoms. The summed E-state index contributed by atoms with van der Waals surface area (Å²) in [6.45, 7) is 2.01. The Morgan fingerprint density at radius 3 is 3.09 bits per heavy atom. The second-order valence-electron chi connectivity index (χ2n) is 2.38. The van der Waals surface area contributed by atoms with Crippen molar-refractivity contribution in [1.29, 1.82) is 0 Å². The summed E-state index contributed by atoms with van der Waals surface area (Å²) in [5.41, 5.74) is 2.13. The molecule has 56 valence electrons. The van der Waals surface area contributed by atoms with Crippen LogP contribution in [0.4, 0.5) is 0 Å². The van der Waals surface area contributed by atoms with E-state index in [1.54, 1.807) is 4.52 Å². The van der Waals surface area contributed by atoms with Gasteiger partial charge in [-0.25, -0.2) is 9.50 Å². The molecule has 0 aliphatic heterocycles. The smallest absolute Gasteiger partial charge is 0.137 e. The zero-order chi connectivity index (χ0) is 7.84. The van der Waals surface area contributed by atoms with Crippen molar-refractivity contribution in [3.8, 4) is 0 Å². The lowest BCUT2D eigenvalue weighted by Gasteiger charge is -1.95. The van der Waals surface area contributed by atoms with Gasteiger partial charge in [0.1, 0.15) is 11.4 Å². The van der Waals surface area contributed by atoms with Crippen molar-refractivity contribution >= 4 is 18.1 Å². The van der Waals surface area contributed by atoms with Gasteiger partial charge in [-0.3, -0.25) is 0 Å². The van der Waals surface area contributed by atoms with Crippen LogP contribution in [0.1, 0.15) is 5.56 Å². The average Bonchev–Trinajstić information content (AvgIpc) is 2.34. The van der Waals surface area contributed by atoms with Crippen molar-refractivity contribution in [2.45, 2.75) is 11.9 Å². The predicted molar refractivity (Wildman–Crippen MR) is 45.0 cm³/mol. The lowest BCUT2D eigenvalue weighted by Crippen LogP contribution is -1.92. The maximum Gasteiger partial charge on any atom is 0.137 e. The van der Waals surface area contributed by atoms with Crippen LogP contribution in [0.3, 0.4) is 0 Å². The van der Waals surface area contributed by atoms with Crippen molar-refractivity contribution in [1.82, 2.24) is 14.6 Å². The van der Waals surface area contributed by atoms with Gasteiger partial charge in [0, 0.05) is 6.20 Å². The van der Waals surface area contributed by atoms with Gasteiger partial charge in [0.05, 0.1) is 5.52 Å². The summed E-state index contributed by atoms with van der Waals surface area (Å²) in [4.78, 5) is 3.97. The van der Waals surface area contributed by atoms with Crippen LogP contribution in [0.15, 0.2) is 23.6 Å². The van der Waals surface area contributed by atoms with Crippen molar-refractivity contribution < 1.29 is 0 Å². The molecule has 0 fully saturated rings. The number of nitrogens with zero attached hydrogens (tertiary/aromatic N) is 3. The maximum atomic E-state index is 4.21. The molecule has 0 amide bonds. The maximum absolute atomic E-state index is 4.21. The molecule has 2 aromatic rings. The van der Waals surface area contributed by atoms with Crippen LogP contribution in [0.2, 0.25) is 0 Å². The summed E-state index contributed by atoms with van der Waals surface area (Å²) in [7, 11) is 0. The zero-order valence-electron chi connectivity index (χ0n) is 6.02. The molecule has 0 spiro atoms. The third-order valence-corrected chi connectivity index (χ3v) is 1.96. The molecule has 2 heterocycles. The minimum atomic E-state index is 0.725. The number of thiol groups is 1. The van der Waals surface area contributed by atoms with E-state index in [9.17, 15) is 0 Å². The zero-order valence-corrected chi connectivity index (χ0v) is 6.92. The van der Waals surface area contributed by atoms with Crippen LogP contribution in [-0.4, -0.2) is 14.6 Å². The number of hydrogen-bond donors (Lipinski definition) is 1. The van der Waals surface area contributed by atoms with E-state index in [0.717, 1.165) is 16.1 Å². The Labute approximate surface area is 69.5 Å². The molecule has 11 heavy (non-hydrogen) atoms. The Hall–Kier alpha value is -1.03. The van der Waals surface area contributed by atoms with Crippen LogP contribution in [0.25, 0.3) is 5.52 Å². The minimum absolute atomic E-state index is 0.725. The van der Waals surface area contributed by atoms with Crippen LogP contribution < -0.4 is 0 Å². The van der Waals surface area contributed by atoms with Crippen molar-refractivity contribution in [2.24, 2.45) is 0 Å². The molecule has 0 saturated carbocycles. The molecule has 0 aliphatic carbocycles. The highest BCUT2D eigenvalue weighted by Gasteiger charge is 2.01. The molecule has 0 saturated heterocycles. The van der Waals surface area contributed by atoms with Crippen molar-refractivity contribution in [3.05, 3.63) is 24.2 Å². The van der Waals surface area contributed by atoms with Crippen LogP contribution in [-0.2, 0) is 0 Å². The highest BCUT2D eigenvalue weighted by molar-refractivity contribution is 7.80. The lowest BCUT2D eigenvalue weighted by molar-refractivity contribution is 0.865. The van der Waals surface area contributed by atoms with E-state index < -0.39 is 0 Å². The van der Waals surface area contributed by atoms with Gasteiger partial charge in [0.2, 0.25) is 0 Å². The topological polar surface area (TPSA) is 30.2 Å². The van der Waals surface area contributed by atoms with E-state index in [-0.39, 0.29) is 0 Å². The van der Waals surface area contributed by atoms with Crippen molar-refractivity contribution in [2.75, 3.05) is 0 Å². The molecule has 0 radical (unpaired) electrons. The molecule has 0 aromatic carbocycles. The Balaban J connectivity index is 2.96. The predicted octanol–water partition coefficient (Wildman–Crippen LogP) is 1.33. The third-order valence-electron chi connectivity index (χ3n) is 1.64. The van der Waals surface area contributed by atoms with Crippen LogP contribution >= 0.6 is 12.6 Å². The van der Waals surface area contributed by atoms with Gasteiger partial charge in [-0.1, -0.05) is 0 Å². The van der Waals surface area contributed by atoms with Crippen LogP contribution in [0.5, 0.6) is 0 Å². The SMILES string of the molecule is Cc1ccn2ncnc(S)c12. The fourth-order valence-electron chi connectivity index (χ4n) is 1.09. The number of rotatable bonds is 0. The second-order valence-corrected chi connectivity index (χ2v) is 2.80. The van der Waals surface area contributed by atoms with E-state index in [1.165, 1.54) is 6.33 Å². The standard InChI is InChI=1S/C7H7N3S/c1-5-2-3-10-6(5)7(11)8-4-9-10/h2-4H,1H3,(H,8,9,11). The van der Waals surface area contributed by atoms with E-state index >= 15 is 0 Å². The summed E-state index contributed by atoms with van der Waals surface area (Å²) in [6.07, 6.45) is 3.39. The van der Waals surface area contributed by atoms with E-state index in [4.69, 9.17) is 0 Å². The Morgan fingerprint density at radius 2 is 2.36 bits per heavy atom. The number of fused-ring (bicyclic) bond motifs is 1. The van der Waals surface area contributed by atoms with Gasteiger partial charge in [0.15, 0.2) is 0 Å². The molecule has 0 N–H and O–H groups in total. The summed E-state index contributed by atoms with van der Waals surface area (Å²) >= 11 is 4.21. The minimum Gasteiger partial charge on any atom is -0.237 e. The Morgan fingerprint density at radius 1 is 1.55 bits per heavy atom. The third kappa shape index (κ3) is 0.903. The molecule has 4 heteroatoms. The van der Waals surface area contributed by atoms with Gasteiger partial charge in [-0.05, 0) is 18.6 Å². The van der Waals surface area contributed by atoms with Gasteiger partial charge in [-0.15, -0.1) is 12.6 Å². The molecule has 0 atom stereocenters. The first kappa shape index (κ1) is 6.67. The summed E-state index contributed by atoms with van der Waals surface area (Å²) in [5, 5.41) is 4.74. The first-order chi connectivity index (χ1) is 5.29. The summed E-state index contributed by atoms with van der Waals surface area (Å²) in [5.74, 6) is 0. The van der Waals surface area contributed by atoms with Gasteiger partial charge in [0.25, 0.3) is 0 Å². The number of hydrogen-bond acceptors (Lipinski definition) is 3. The fraction of sp³-hybridized carbons (Fsp3) is 0.143. The number of aromatic nitrogens is 3. The second kappa shape index (κ2) is 2.23. The highest BCUT2D eigenvalue weighted by atomic mass is 32.1. The van der Waals surface area contributed by atoms with E-state index in [0.29, 0.717) is 0 Å². The van der Waals surface area contributed by atoms with Gasteiger partial charge < -0.3 is 0 Å². The van der Waals surface area contributed by atoms with E-state index in [1.807, 2.05) is 19.2 Å². The Kier molecular flexibility index (Phi) is 1.35. The van der Waals surface area contributed by atoms with Crippen LogP contribution in [0, 0.1) is 6.92 Å². The fourth-order valence-corrected chi connectivity index (χ4v) is 1.42. The molecular weight excluding hydrogens is 158 g/mol. The first-order valence-electron chi connectivity index (χ1n) is 3.27. The quantitative estimate of drug-likeness (QED) is 0.597. The van der Waals surface area contributed by atoms with Gasteiger partial charge in [-0.2, -0.15) is 5.10 Å². The lowest BCUT2D eigenvalue weighted by atomic mass is 10.3. The normalized spacial score (nSPS) is 10.7. The molecule has 3 nitrogen and oxygen atoms in total. The first-order valence-corrected chi connectivity index (χ1v) is 3.71. The number of aryl methyl sites for hydroxylation is 1. The molecule has 0 aliphatic rings. The largest absolute Gasteiger partial charge is 0.237 e. The molecular formula is C7H7N3S. The molecule has 0 unspecified atom stereocenters. The van der Waals surface area contributed by atoms with E-state index in [2.05, 4.69) is 22.7 Å². The summed E-state index contributed by atoms with van der Waals surface area (Å²) in [6, 6.07) is 1.99. The summed E-state index contributed by atoms with van der Waals surface area (Å²) < 4.78 is 1.77. The monoisotopic (exact) mass is 165 g/mol. The highest BCUT2D eigenvalue weighted by Crippen LogP contribution is 2.15. The van der Waals surface area contributed by atoms with Crippen molar-refractivity contribution in [3.63, 3.8) is 0 Å². The Bertz CT molecular complexity index is 393. The molecule has 2 aromatic heterocycles. The average molecular weight is 165 g/mol. The van der Waals surface area contributed by atoms with Gasteiger partial charge >= 0.3 is 0 Å². The molecule has 2 rings (SSSR count).